The Hall–Kier alpha value is -5.29. The van der Waals surface area contributed by atoms with E-state index in [4.69, 9.17) is 10.9 Å². The van der Waals surface area contributed by atoms with E-state index in [1.165, 1.54) is 38.8 Å². The largest absolute Gasteiger partial charge is 0.381 e. The second kappa shape index (κ2) is 9.16. The lowest BCUT2D eigenvalue weighted by molar-refractivity contribution is 0.0706. The maximum atomic E-state index is 12.9. The molecular weight excluding hydrogens is 462 g/mol. The fourth-order valence-electron chi connectivity index (χ4n) is 3.64. The minimum Gasteiger partial charge on any atom is -0.381 e. The van der Waals surface area contributed by atoms with E-state index in [0.29, 0.717) is 28.2 Å². The number of nitrogens with zero attached hydrogens (tertiary/aromatic N) is 4. The lowest BCUT2D eigenvalue weighted by Gasteiger charge is -2.08. The highest BCUT2D eigenvalue weighted by molar-refractivity contribution is 6.05. The Balaban J connectivity index is 1.38. The maximum absolute atomic E-state index is 12.9. The lowest BCUT2D eigenvalue weighted by atomic mass is 10.1. The van der Waals surface area contributed by atoms with Crippen LogP contribution < -0.4 is 22.2 Å². The Kier molecular flexibility index (Phi) is 5.72. The highest BCUT2D eigenvalue weighted by atomic mass is 16.5. The van der Waals surface area contributed by atoms with Crippen LogP contribution in [0.4, 0.5) is 11.5 Å². The van der Waals surface area contributed by atoms with Crippen LogP contribution in [0, 0.1) is 0 Å². The summed E-state index contributed by atoms with van der Waals surface area (Å²) in [5.41, 5.74) is 10.4. The molecule has 0 unspecified atom stereocenters. The Bertz CT molecular complexity index is 1640. The van der Waals surface area contributed by atoms with Crippen molar-refractivity contribution in [1.82, 2.24) is 24.6 Å². The van der Waals surface area contributed by atoms with E-state index in [1.807, 2.05) is 18.2 Å². The van der Waals surface area contributed by atoms with Gasteiger partial charge in [0.15, 0.2) is 5.82 Å². The van der Waals surface area contributed by atoms with Gasteiger partial charge in [0, 0.05) is 28.6 Å². The molecule has 5 aromatic rings. The van der Waals surface area contributed by atoms with Crippen LogP contribution in [0.3, 0.4) is 0 Å². The number of nitrogens with two attached hydrogens (primary N) is 1. The number of nitrogen functional groups attached to an aromatic ring is 1. The number of fused-ring (bicyclic) bond motifs is 1. The van der Waals surface area contributed by atoms with Crippen molar-refractivity contribution in [2.45, 2.75) is 0 Å². The molecule has 11 nitrogen and oxygen atoms in total. The number of aromatic nitrogens is 4. The zero-order valence-electron chi connectivity index (χ0n) is 18.6. The van der Waals surface area contributed by atoms with Gasteiger partial charge in [-0.15, -0.1) is 5.10 Å². The molecule has 2 amide bonds. The molecule has 0 saturated carbocycles. The first-order valence-corrected chi connectivity index (χ1v) is 10.7. The van der Waals surface area contributed by atoms with Gasteiger partial charge in [-0.05, 0) is 48.5 Å². The number of amides is 2. The molecule has 178 valence electrons. The van der Waals surface area contributed by atoms with Crippen molar-refractivity contribution in [2.24, 2.45) is 0 Å². The van der Waals surface area contributed by atoms with Gasteiger partial charge in [0.2, 0.25) is 5.65 Å². The molecule has 0 atom stereocenters. The number of rotatable bonds is 5. The van der Waals surface area contributed by atoms with Crippen LogP contribution in [0.2, 0.25) is 0 Å². The molecule has 0 aliphatic rings. The van der Waals surface area contributed by atoms with E-state index in [2.05, 4.69) is 15.4 Å². The van der Waals surface area contributed by atoms with Crippen molar-refractivity contribution in [1.29, 1.82) is 0 Å². The van der Waals surface area contributed by atoms with Crippen LogP contribution in [0.15, 0.2) is 89.9 Å². The van der Waals surface area contributed by atoms with Gasteiger partial charge in [0.1, 0.15) is 0 Å². The zero-order chi connectivity index (χ0) is 25.2. The number of hydrogen-bond acceptors (Lipinski definition) is 7. The summed E-state index contributed by atoms with van der Waals surface area (Å²) in [7, 11) is 0. The van der Waals surface area contributed by atoms with Crippen molar-refractivity contribution in [3.8, 4) is 16.9 Å². The molecule has 0 spiro atoms. The number of nitrogens with one attached hydrogen (secondary N) is 2. The molecule has 0 fully saturated rings. The van der Waals surface area contributed by atoms with Crippen LogP contribution in [0.5, 0.6) is 0 Å². The molecule has 3 aromatic carbocycles. The summed E-state index contributed by atoms with van der Waals surface area (Å²) >= 11 is 0. The van der Waals surface area contributed by atoms with Gasteiger partial charge in [-0.25, -0.2) is 19.7 Å². The smallest absolute Gasteiger partial charge is 0.355 e. The number of hydrogen-bond donors (Lipinski definition) is 4. The summed E-state index contributed by atoms with van der Waals surface area (Å²) in [5, 5.41) is 15.8. The van der Waals surface area contributed by atoms with Crippen LogP contribution >= 0.6 is 0 Å². The molecule has 36 heavy (non-hydrogen) atoms. The molecule has 5 rings (SSSR count). The van der Waals surface area contributed by atoms with Gasteiger partial charge >= 0.3 is 5.69 Å². The van der Waals surface area contributed by atoms with E-state index < -0.39 is 5.91 Å². The average Bonchev–Trinajstić information content (AvgIpc) is 3.26. The predicted molar refractivity (Wildman–Crippen MR) is 132 cm³/mol. The summed E-state index contributed by atoms with van der Waals surface area (Å²) < 4.78 is 2.61. The van der Waals surface area contributed by atoms with Gasteiger partial charge in [-0.1, -0.05) is 30.3 Å². The van der Waals surface area contributed by atoms with Gasteiger partial charge in [0.05, 0.1) is 11.4 Å². The first kappa shape index (κ1) is 22.5. The fraction of sp³-hybridized carbons (Fsp3) is 0. The monoisotopic (exact) mass is 481 g/mol. The minimum atomic E-state index is -0.667. The lowest BCUT2D eigenvalue weighted by Crippen LogP contribution is -2.19. The van der Waals surface area contributed by atoms with Crippen molar-refractivity contribution >= 4 is 29.0 Å². The number of carbonyl (C=O) groups excluding carboxylic acids is 2. The topological polar surface area (TPSA) is 157 Å². The van der Waals surface area contributed by atoms with Gasteiger partial charge in [-0.3, -0.25) is 14.8 Å². The van der Waals surface area contributed by atoms with Crippen LogP contribution in [0.25, 0.3) is 22.6 Å². The number of anilines is 2. The molecule has 0 aliphatic carbocycles. The second-order valence-electron chi connectivity index (χ2n) is 7.78. The standard InChI is InChI=1S/C25H19N7O4/c26-21-22-29-32(19-4-2-1-3-5-19)25(35)31(22)14-20(28-21)15-10-12-18(13-11-15)27-23(33)16-6-8-17(9-7-16)24(34)30-36/h1-14,36H,(H2,26,28)(H,27,33)(H,30,34). The number of hydroxylamine groups is 1. The minimum absolute atomic E-state index is 0.106. The molecule has 0 bridgehead atoms. The van der Waals surface area contributed by atoms with E-state index in [1.54, 1.807) is 42.6 Å². The SMILES string of the molecule is Nc1nc(-c2ccc(NC(=O)c3ccc(C(=O)NO)cc3)cc2)cn2c(=O)n(-c3ccccc3)nc12. The third kappa shape index (κ3) is 4.17. The average molecular weight is 481 g/mol. The Morgan fingerprint density at radius 1 is 0.861 bits per heavy atom. The highest BCUT2D eigenvalue weighted by Gasteiger charge is 2.15. The van der Waals surface area contributed by atoms with E-state index >= 15 is 0 Å². The Morgan fingerprint density at radius 2 is 1.50 bits per heavy atom. The van der Waals surface area contributed by atoms with Crippen LogP contribution in [0.1, 0.15) is 20.7 Å². The normalized spacial score (nSPS) is 10.8. The molecule has 5 N–H and O–H groups in total. The molecule has 0 aliphatic heterocycles. The van der Waals surface area contributed by atoms with Gasteiger partial charge in [-0.2, -0.15) is 4.68 Å². The van der Waals surface area contributed by atoms with Crippen molar-refractivity contribution in [3.63, 3.8) is 0 Å². The van der Waals surface area contributed by atoms with Crippen LogP contribution in [-0.2, 0) is 0 Å². The number of benzene rings is 3. The Morgan fingerprint density at radius 3 is 2.14 bits per heavy atom. The molecule has 2 aromatic heterocycles. The van der Waals surface area contributed by atoms with Gasteiger partial charge in [0.25, 0.3) is 11.8 Å². The molecule has 2 heterocycles. The van der Waals surface area contributed by atoms with Crippen molar-refractivity contribution in [3.05, 3.63) is 107 Å². The molecule has 0 saturated heterocycles. The summed E-state index contributed by atoms with van der Waals surface area (Å²) in [5.74, 6) is -0.933. The first-order chi connectivity index (χ1) is 17.4. The van der Waals surface area contributed by atoms with Crippen LogP contribution in [-0.4, -0.2) is 36.2 Å². The van der Waals surface area contributed by atoms with Crippen molar-refractivity contribution in [2.75, 3.05) is 11.1 Å². The molecule has 0 radical (unpaired) electrons. The summed E-state index contributed by atoms with van der Waals surface area (Å²) in [6, 6.07) is 21.7. The summed E-state index contributed by atoms with van der Waals surface area (Å²) in [6.45, 7) is 0. The Labute approximate surface area is 203 Å². The molecule has 11 heteroatoms. The fourth-order valence-corrected chi connectivity index (χ4v) is 3.64. The molecular formula is C25H19N7O4. The predicted octanol–water partition coefficient (Wildman–Crippen LogP) is 2.50. The van der Waals surface area contributed by atoms with E-state index in [0.717, 1.165) is 0 Å². The zero-order valence-corrected chi connectivity index (χ0v) is 18.6. The number of para-hydroxylation sites is 1. The van der Waals surface area contributed by atoms with E-state index in [-0.39, 0.29) is 28.6 Å². The first-order valence-electron chi connectivity index (χ1n) is 10.7. The van der Waals surface area contributed by atoms with Crippen molar-refractivity contribution < 1.29 is 14.8 Å². The quantitative estimate of drug-likeness (QED) is 0.222. The maximum Gasteiger partial charge on any atom is 0.355 e. The van der Waals surface area contributed by atoms with E-state index in [9.17, 15) is 14.4 Å². The third-order valence-corrected chi connectivity index (χ3v) is 5.48. The summed E-state index contributed by atoms with van der Waals surface area (Å²) in [4.78, 5) is 41.3. The number of carbonyl (C=O) groups is 2. The van der Waals surface area contributed by atoms with Gasteiger partial charge < -0.3 is 11.1 Å². The summed E-state index contributed by atoms with van der Waals surface area (Å²) in [6.07, 6.45) is 1.57. The second-order valence-corrected chi connectivity index (χ2v) is 7.78. The third-order valence-electron chi connectivity index (χ3n) is 5.48. The highest BCUT2D eigenvalue weighted by Crippen LogP contribution is 2.22.